The van der Waals surface area contributed by atoms with Crippen molar-refractivity contribution in [2.24, 2.45) is 5.73 Å². The molecule has 0 saturated carbocycles. The summed E-state index contributed by atoms with van der Waals surface area (Å²) in [5.74, 6) is 0.913. The largest absolute Gasteiger partial charge is 0.490 e. The topological polar surface area (TPSA) is 35.2 Å². The Bertz CT molecular complexity index is 352. The summed E-state index contributed by atoms with van der Waals surface area (Å²) < 4.78 is 5.62. The second-order valence-electron chi connectivity index (χ2n) is 4.42. The van der Waals surface area contributed by atoms with Crippen molar-refractivity contribution in [1.29, 1.82) is 0 Å². The second kappa shape index (κ2) is 6.33. The van der Waals surface area contributed by atoms with Crippen LogP contribution >= 0.6 is 0 Å². The van der Waals surface area contributed by atoms with E-state index in [0.29, 0.717) is 6.61 Å². The molecule has 0 radical (unpaired) electrons. The van der Waals surface area contributed by atoms with Gasteiger partial charge < -0.3 is 10.5 Å². The fourth-order valence-electron chi connectivity index (χ4n) is 1.44. The quantitative estimate of drug-likeness (QED) is 0.773. The lowest BCUT2D eigenvalue weighted by molar-refractivity contribution is 0.361. The minimum absolute atomic E-state index is 0.188. The van der Waals surface area contributed by atoms with Crippen LogP contribution in [0, 0.1) is 0 Å². The van der Waals surface area contributed by atoms with Gasteiger partial charge >= 0.3 is 0 Å². The third-order valence-electron chi connectivity index (χ3n) is 2.20. The maximum absolute atomic E-state index is 5.76. The highest BCUT2D eigenvalue weighted by molar-refractivity contribution is 5.29. The average Bonchev–Trinajstić information content (AvgIpc) is 2.16. The summed E-state index contributed by atoms with van der Waals surface area (Å²) in [6.07, 6.45) is 2.96. The number of benzene rings is 1. The van der Waals surface area contributed by atoms with E-state index >= 15 is 0 Å². The summed E-state index contributed by atoms with van der Waals surface area (Å²) in [5, 5.41) is 0. The Morgan fingerprint density at radius 3 is 2.81 bits per heavy atom. The smallest absolute Gasteiger partial charge is 0.120 e. The number of nitrogens with two attached hydrogens (primary N) is 1. The molecule has 0 aliphatic rings. The van der Waals surface area contributed by atoms with Gasteiger partial charge in [-0.1, -0.05) is 17.7 Å². The van der Waals surface area contributed by atoms with Crippen LogP contribution in [0.25, 0.3) is 0 Å². The van der Waals surface area contributed by atoms with E-state index in [1.165, 1.54) is 11.1 Å². The first-order chi connectivity index (χ1) is 7.58. The van der Waals surface area contributed by atoms with Crippen LogP contribution in [-0.4, -0.2) is 12.6 Å². The number of ether oxygens (including phenoxy) is 1. The van der Waals surface area contributed by atoms with Crippen molar-refractivity contribution < 1.29 is 4.74 Å². The van der Waals surface area contributed by atoms with E-state index in [1.807, 2.05) is 19.1 Å². The lowest BCUT2D eigenvalue weighted by atomic mass is 10.1. The normalized spacial score (nSPS) is 12.0. The Kier molecular flexibility index (Phi) is 5.06. The van der Waals surface area contributed by atoms with E-state index in [1.54, 1.807) is 0 Å². The second-order valence-corrected chi connectivity index (χ2v) is 4.42. The van der Waals surface area contributed by atoms with Crippen molar-refractivity contribution in [1.82, 2.24) is 0 Å². The number of rotatable bonds is 5. The van der Waals surface area contributed by atoms with Crippen molar-refractivity contribution >= 4 is 0 Å². The number of allylic oxidation sites excluding steroid dienone is 1. The average molecular weight is 219 g/mol. The van der Waals surface area contributed by atoms with Crippen LogP contribution in [-0.2, 0) is 6.42 Å². The maximum atomic E-state index is 5.76. The molecule has 0 aromatic heterocycles. The Morgan fingerprint density at radius 1 is 1.44 bits per heavy atom. The molecule has 0 aliphatic carbocycles. The molecule has 88 valence electrons. The summed E-state index contributed by atoms with van der Waals surface area (Å²) in [5.41, 5.74) is 8.26. The predicted molar refractivity (Wildman–Crippen MR) is 68.7 cm³/mol. The molecule has 2 heteroatoms. The van der Waals surface area contributed by atoms with Gasteiger partial charge in [-0.25, -0.2) is 0 Å². The zero-order valence-corrected chi connectivity index (χ0v) is 10.4. The molecule has 0 heterocycles. The third-order valence-corrected chi connectivity index (χ3v) is 2.20. The highest BCUT2D eigenvalue weighted by Gasteiger charge is 1.99. The molecule has 2 nitrogen and oxygen atoms in total. The minimum Gasteiger partial charge on any atom is -0.490 e. The fraction of sp³-hybridized carbons (Fsp3) is 0.429. The molecule has 0 saturated heterocycles. The minimum atomic E-state index is 0.188. The van der Waals surface area contributed by atoms with Crippen LogP contribution in [0.1, 0.15) is 26.3 Å². The van der Waals surface area contributed by atoms with Crippen molar-refractivity contribution in [3.8, 4) is 5.75 Å². The molecule has 1 atom stereocenters. The molecule has 1 aromatic rings. The van der Waals surface area contributed by atoms with E-state index in [9.17, 15) is 0 Å². The molecule has 0 spiro atoms. The van der Waals surface area contributed by atoms with Gasteiger partial charge in [0.2, 0.25) is 0 Å². The first-order valence-electron chi connectivity index (χ1n) is 5.68. The van der Waals surface area contributed by atoms with Crippen LogP contribution in [0.2, 0.25) is 0 Å². The Labute approximate surface area is 98.1 Å². The van der Waals surface area contributed by atoms with Gasteiger partial charge in [0.1, 0.15) is 12.4 Å². The molecule has 0 fully saturated rings. The van der Waals surface area contributed by atoms with E-state index < -0.39 is 0 Å². The van der Waals surface area contributed by atoms with Gasteiger partial charge in [-0.15, -0.1) is 0 Å². The van der Waals surface area contributed by atoms with E-state index in [2.05, 4.69) is 32.1 Å². The van der Waals surface area contributed by atoms with Crippen molar-refractivity contribution in [2.75, 3.05) is 6.61 Å². The van der Waals surface area contributed by atoms with Crippen LogP contribution in [0.15, 0.2) is 35.9 Å². The van der Waals surface area contributed by atoms with Gasteiger partial charge in [-0.2, -0.15) is 0 Å². The van der Waals surface area contributed by atoms with Crippen molar-refractivity contribution in [2.45, 2.75) is 33.2 Å². The van der Waals surface area contributed by atoms with E-state index in [4.69, 9.17) is 10.5 Å². The summed E-state index contributed by atoms with van der Waals surface area (Å²) in [6.45, 7) is 6.77. The van der Waals surface area contributed by atoms with E-state index in [-0.39, 0.29) is 6.04 Å². The van der Waals surface area contributed by atoms with Crippen molar-refractivity contribution in [3.63, 3.8) is 0 Å². The molecule has 16 heavy (non-hydrogen) atoms. The van der Waals surface area contributed by atoms with Crippen LogP contribution < -0.4 is 10.5 Å². The van der Waals surface area contributed by atoms with Crippen LogP contribution in [0.4, 0.5) is 0 Å². The molecule has 1 rings (SSSR count). The number of hydrogen-bond donors (Lipinski definition) is 1. The van der Waals surface area contributed by atoms with Gasteiger partial charge in [0.05, 0.1) is 0 Å². The lowest BCUT2D eigenvalue weighted by Gasteiger charge is -2.08. The van der Waals surface area contributed by atoms with E-state index in [0.717, 1.165) is 12.2 Å². The third kappa shape index (κ3) is 4.99. The molecule has 1 unspecified atom stereocenters. The van der Waals surface area contributed by atoms with Crippen LogP contribution in [0.3, 0.4) is 0 Å². The van der Waals surface area contributed by atoms with Gasteiger partial charge in [-0.3, -0.25) is 0 Å². The zero-order valence-electron chi connectivity index (χ0n) is 10.4. The molecule has 0 bridgehead atoms. The highest BCUT2D eigenvalue weighted by Crippen LogP contribution is 2.14. The Balaban J connectivity index is 2.57. The molecule has 0 amide bonds. The molecule has 0 aliphatic heterocycles. The monoisotopic (exact) mass is 219 g/mol. The summed E-state index contributed by atoms with van der Waals surface area (Å²) in [4.78, 5) is 0. The zero-order chi connectivity index (χ0) is 12.0. The highest BCUT2D eigenvalue weighted by atomic mass is 16.5. The first-order valence-corrected chi connectivity index (χ1v) is 5.68. The first kappa shape index (κ1) is 12.8. The molecule has 1 aromatic carbocycles. The van der Waals surface area contributed by atoms with Gasteiger partial charge in [0.15, 0.2) is 0 Å². The standard InChI is InChI=1S/C14H21NO/c1-11(2)7-8-16-14-6-4-5-13(10-14)9-12(3)15/h4-7,10,12H,8-9,15H2,1-3H3. The fourth-order valence-corrected chi connectivity index (χ4v) is 1.44. The predicted octanol–water partition coefficient (Wildman–Crippen LogP) is 2.92. The maximum Gasteiger partial charge on any atom is 0.120 e. The number of hydrogen-bond acceptors (Lipinski definition) is 2. The molecular weight excluding hydrogens is 198 g/mol. The summed E-state index contributed by atoms with van der Waals surface area (Å²) in [6, 6.07) is 8.31. The molecule has 2 N–H and O–H groups in total. The van der Waals surface area contributed by atoms with Crippen LogP contribution in [0.5, 0.6) is 5.75 Å². The SMILES string of the molecule is CC(C)=CCOc1cccc(CC(C)N)c1. The summed E-state index contributed by atoms with van der Waals surface area (Å²) >= 11 is 0. The Hall–Kier alpha value is -1.28. The van der Waals surface area contributed by atoms with Gasteiger partial charge in [-0.05, 0) is 51.0 Å². The van der Waals surface area contributed by atoms with Crippen molar-refractivity contribution in [3.05, 3.63) is 41.5 Å². The van der Waals surface area contributed by atoms with Gasteiger partial charge in [0, 0.05) is 6.04 Å². The molecular formula is C14H21NO. The Morgan fingerprint density at radius 2 is 2.19 bits per heavy atom. The summed E-state index contributed by atoms with van der Waals surface area (Å²) in [7, 11) is 0. The van der Waals surface area contributed by atoms with Gasteiger partial charge in [0.25, 0.3) is 0 Å². The lowest BCUT2D eigenvalue weighted by Crippen LogP contribution is -2.17.